The van der Waals surface area contributed by atoms with Gasteiger partial charge in [0.05, 0.1) is 0 Å². The number of aryl methyl sites for hydroxylation is 1. The molecule has 0 atom stereocenters. The van der Waals surface area contributed by atoms with Gasteiger partial charge in [0.15, 0.2) is 0 Å². The average Bonchev–Trinajstić information content (AvgIpc) is 2.91. The predicted octanol–water partition coefficient (Wildman–Crippen LogP) is 2.82. The van der Waals surface area contributed by atoms with Gasteiger partial charge < -0.3 is 11.1 Å². The number of rotatable bonds is 6. The van der Waals surface area contributed by atoms with Crippen LogP contribution in [-0.2, 0) is 11.2 Å². The maximum absolute atomic E-state index is 11.7. The molecule has 0 fully saturated rings. The number of anilines is 1. The number of nitrogens with two attached hydrogens (primary N) is 1. The molecule has 0 unspecified atom stereocenters. The Morgan fingerprint density at radius 1 is 1.21 bits per heavy atom. The van der Waals surface area contributed by atoms with Crippen molar-refractivity contribution in [3.8, 4) is 0 Å². The molecule has 0 radical (unpaired) electrons. The van der Waals surface area contributed by atoms with Gasteiger partial charge in [0.1, 0.15) is 0 Å². The van der Waals surface area contributed by atoms with E-state index in [4.69, 9.17) is 5.73 Å². The lowest BCUT2D eigenvalue weighted by Gasteiger charge is -2.06. The Morgan fingerprint density at radius 3 is 2.68 bits per heavy atom. The van der Waals surface area contributed by atoms with Crippen LogP contribution in [0, 0.1) is 0 Å². The molecule has 3 nitrogen and oxygen atoms in total. The zero-order valence-electron chi connectivity index (χ0n) is 11.3. The van der Waals surface area contributed by atoms with E-state index in [1.807, 2.05) is 24.3 Å². The van der Waals surface area contributed by atoms with E-state index in [1.165, 1.54) is 24.8 Å². The van der Waals surface area contributed by atoms with Gasteiger partial charge in [-0.05, 0) is 49.8 Å². The molecule has 0 spiro atoms. The van der Waals surface area contributed by atoms with Crippen LogP contribution in [-0.4, -0.2) is 12.5 Å². The number of nitrogens with one attached hydrogen (secondary N) is 1. The third-order valence-electron chi connectivity index (χ3n) is 3.52. The van der Waals surface area contributed by atoms with Gasteiger partial charge in [-0.3, -0.25) is 4.79 Å². The molecule has 3 heteroatoms. The number of hydrogen-bond acceptors (Lipinski definition) is 2. The number of carbonyl (C=O) groups is 1. The topological polar surface area (TPSA) is 55.1 Å². The van der Waals surface area contributed by atoms with Crippen molar-refractivity contribution in [3.63, 3.8) is 0 Å². The summed E-state index contributed by atoms with van der Waals surface area (Å²) < 4.78 is 0. The maximum atomic E-state index is 11.7. The maximum Gasteiger partial charge on any atom is 0.220 e. The molecule has 1 amide bonds. The molecule has 1 aromatic rings. The third kappa shape index (κ3) is 4.78. The lowest BCUT2D eigenvalue weighted by Crippen LogP contribution is -2.24. The summed E-state index contributed by atoms with van der Waals surface area (Å²) in [6.07, 6.45) is 8.33. The molecule has 1 aromatic carbocycles. The third-order valence-corrected chi connectivity index (χ3v) is 3.52. The Labute approximate surface area is 114 Å². The number of nitrogen functional groups attached to an aromatic ring is 1. The van der Waals surface area contributed by atoms with Gasteiger partial charge >= 0.3 is 0 Å². The minimum Gasteiger partial charge on any atom is -0.399 e. The smallest absolute Gasteiger partial charge is 0.220 e. The monoisotopic (exact) mass is 258 g/mol. The average molecular weight is 258 g/mol. The first-order chi connectivity index (χ1) is 9.24. The number of carbonyl (C=O) groups excluding carboxylic acids is 1. The lowest BCUT2D eigenvalue weighted by atomic mass is 10.1. The van der Waals surface area contributed by atoms with Crippen molar-refractivity contribution < 1.29 is 4.79 Å². The summed E-state index contributed by atoms with van der Waals surface area (Å²) in [6.45, 7) is 0.770. The van der Waals surface area contributed by atoms with Crippen LogP contribution in [0.15, 0.2) is 35.9 Å². The van der Waals surface area contributed by atoms with Gasteiger partial charge in [-0.2, -0.15) is 0 Å². The fourth-order valence-corrected chi connectivity index (χ4v) is 2.36. The fourth-order valence-electron chi connectivity index (χ4n) is 2.36. The van der Waals surface area contributed by atoms with Crippen LogP contribution in [0.4, 0.5) is 5.69 Å². The zero-order chi connectivity index (χ0) is 13.5. The van der Waals surface area contributed by atoms with E-state index in [0.29, 0.717) is 6.42 Å². The van der Waals surface area contributed by atoms with Crippen molar-refractivity contribution in [2.24, 2.45) is 0 Å². The molecule has 102 valence electrons. The summed E-state index contributed by atoms with van der Waals surface area (Å²) in [6, 6.07) is 7.71. The Bertz CT molecular complexity index is 448. The Hall–Kier alpha value is -1.77. The molecule has 2 rings (SSSR count). The lowest BCUT2D eigenvalue weighted by molar-refractivity contribution is -0.121. The van der Waals surface area contributed by atoms with Crippen LogP contribution in [0.5, 0.6) is 0 Å². The van der Waals surface area contributed by atoms with Crippen molar-refractivity contribution in [2.75, 3.05) is 12.3 Å². The second-order valence-corrected chi connectivity index (χ2v) is 5.10. The zero-order valence-corrected chi connectivity index (χ0v) is 11.3. The normalized spacial score (nSPS) is 14.2. The van der Waals surface area contributed by atoms with Crippen LogP contribution in [0.1, 0.15) is 37.7 Å². The highest BCUT2D eigenvalue weighted by Crippen LogP contribution is 2.19. The molecular formula is C16H22N2O. The summed E-state index contributed by atoms with van der Waals surface area (Å²) >= 11 is 0. The molecular weight excluding hydrogens is 236 g/mol. The van der Waals surface area contributed by atoms with Gasteiger partial charge in [0, 0.05) is 18.7 Å². The Morgan fingerprint density at radius 2 is 2.00 bits per heavy atom. The van der Waals surface area contributed by atoms with E-state index in [1.54, 1.807) is 0 Å². The van der Waals surface area contributed by atoms with E-state index in [0.717, 1.165) is 30.6 Å². The Balaban J connectivity index is 1.62. The van der Waals surface area contributed by atoms with E-state index in [-0.39, 0.29) is 5.91 Å². The molecule has 1 aliphatic carbocycles. The quantitative estimate of drug-likeness (QED) is 0.609. The number of allylic oxidation sites excluding steroid dienone is 1. The first-order valence-electron chi connectivity index (χ1n) is 7.03. The van der Waals surface area contributed by atoms with Crippen LogP contribution in [0.25, 0.3) is 0 Å². The van der Waals surface area contributed by atoms with Crippen molar-refractivity contribution in [2.45, 2.75) is 38.5 Å². The van der Waals surface area contributed by atoms with Crippen LogP contribution in [0.2, 0.25) is 0 Å². The first kappa shape index (κ1) is 13.7. The SMILES string of the molecule is Nc1ccc(CCC(=O)NCCC2=CCCC2)cc1. The highest BCUT2D eigenvalue weighted by atomic mass is 16.1. The second kappa shape index (κ2) is 6.98. The van der Waals surface area contributed by atoms with E-state index >= 15 is 0 Å². The van der Waals surface area contributed by atoms with Gasteiger partial charge in [0.25, 0.3) is 0 Å². The largest absolute Gasteiger partial charge is 0.399 e. The highest BCUT2D eigenvalue weighted by molar-refractivity contribution is 5.76. The summed E-state index contributed by atoms with van der Waals surface area (Å²) in [5, 5.41) is 2.99. The van der Waals surface area contributed by atoms with Crippen LogP contribution < -0.4 is 11.1 Å². The first-order valence-corrected chi connectivity index (χ1v) is 7.03. The standard InChI is InChI=1S/C16H22N2O/c17-15-8-5-14(6-9-15)7-10-16(19)18-12-11-13-3-1-2-4-13/h3,5-6,8-9H,1-2,4,7,10-12,17H2,(H,18,19). The molecule has 0 saturated carbocycles. The van der Waals surface area contributed by atoms with E-state index in [9.17, 15) is 4.79 Å². The molecule has 0 saturated heterocycles. The molecule has 1 aliphatic rings. The molecule has 3 N–H and O–H groups in total. The molecule has 0 aromatic heterocycles. The molecule has 0 bridgehead atoms. The fraction of sp³-hybridized carbons (Fsp3) is 0.438. The summed E-state index contributed by atoms with van der Waals surface area (Å²) in [5.74, 6) is 0.135. The van der Waals surface area contributed by atoms with Crippen LogP contribution in [0.3, 0.4) is 0 Å². The van der Waals surface area contributed by atoms with Crippen LogP contribution >= 0.6 is 0 Å². The van der Waals surface area contributed by atoms with E-state index < -0.39 is 0 Å². The second-order valence-electron chi connectivity index (χ2n) is 5.10. The minimum absolute atomic E-state index is 0.135. The predicted molar refractivity (Wildman–Crippen MR) is 78.7 cm³/mol. The number of benzene rings is 1. The molecule has 19 heavy (non-hydrogen) atoms. The van der Waals surface area contributed by atoms with Gasteiger partial charge in [0.2, 0.25) is 5.91 Å². The summed E-state index contributed by atoms with van der Waals surface area (Å²) in [7, 11) is 0. The van der Waals surface area contributed by atoms with Gasteiger partial charge in [-0.25, -0.2) is 0 Å². The van der Waals surface area contributed by atoms with Crippen molar-refractivity contribution in [1.29, 1.82) is 0 Å². The Kier molecular flexibility index (Phi) is 5.01. The van der Waals surface area contributed by atoms with Crippen molar-refractivity contribution in [3.05, 3.63) is 41.5 Å². The highest BCUT2D eigenvalue weighted by Gasteiger charge is 2.06. The number of hydrogen-bond donors (Lipinski definition) is 2. The van der Waals surface area contributed by atoms with Crippen molar-refractivity contribution >= 4 is 11.6 Å². The van der Waals surface area contributed by atoms with Gasteiger partial charge in [-0.1, -0.05) is 23.8 Å². The number of amides is 1. The molecule has 0 heterocycles. The minimum atomic E-state index is 0.135. The van der Waals surface area contributed by atoms with Crippen molar-refractivity contribution in [1.82, 2.24) is 5.32 Å². The summed E-state index contributed by atoms with van der Waals surface area (Å²) in [5.41, 5.74) is 9.04. The molecule has 0 aliphatic heterocycles. The van der Waals surface area contributed by atoms with Gasteiger partial charge in [-0.15, -0.1) is 0 Å². The van der Waals surface area contributed by atoms with E-state index in [2.05, 4.69) is 11.4 Å². The summed E-state index contributed by atoms with van der Waals surface area (Å²) in [4.78, 5) is 11.7.